The van der Waals surface area contributed by atoms with Crippen molar-refractivity contribution in [1.82, 2.24) is 14.0 Å². The first kappa shape index (κ1) is 35.0. The van der Waals surface area contributed by atoms with Gasteiger partial charge in [0.15, 0.2) is 0 Å². The molecule has 0 spiro atoms. The van der Waals surface area contributed by atoms with Gasteiger partial charge in [0.25, 0.3) is 17.0 Å². The van der Waals surface area contributed by atoms with E-state index >= 15 is 0 Å². The van der Waals surface area contributed by atoms with Gasteiger partial charge in [-0.15, -0.1) is 0 Å². The summed E-state index contributed by atoms with van der Waals surface area (Å²) in [4.78, 5) is 80.6. The van der Waals surface area contributed by atoms with Crippen LogP contribution in [0.2, 0.25) is 0 Å². The quantitative estimate of drug-likeness (QED) is 0.284. The molecule has 0 atom stereocenters. The zero-order chi connectivity index (χ0) is 34.9. The van der Waals surface area contributed by atoms with E-state index in [2.05, 4.69) is 0 Å². The lowest BCUT2D eigenvalue weighted by Crippen LogP contribution is -2.60. The van der Waals surface area contributed by atoms with Gasteiger partial charge >= 0.3 is 17.9 Å². The highest BCUT2D eigenvalue weighted by Gasteiger charge is 2.36. The number of anilines is 1. The Morgan fingerprint density at radius 2 is 1.60 bits per heavy atom. The number of allylic oxidation sites excluding steroid dienone is 1. The fraction of sp³-hybridized carbons (Fsp3) is 0.387. The number of amides is 1. The number of carbonyl (C=O) groups excluding carboxylic acids is 1. The second-order valence-electron chi connectivity index (χ2n) is 11.2. The van der Waals surface area contributed by atoms with Gasteiger partial charge in [-0.25, -0.2) is 0 Å². The normalized spacial score (nSPS) is 18.9. The number of ether oxygens (including phenoxy) is 1. The summed E-state index contributed by atoms with van der Waals surface area (Å²) in [6.45, 7) is 0.115. The predicted molar refractivity (Wildman–Crippen MR) is 182 cm³/mol. The average molecular weight is 717 g/mol. The molecule has 3 heterocycles. The Kier molecular flexibility index (Phi) is 10.5. The van der Waals surface area contributed by atoms with Gasteiger partial charge in [-0.3, -0.25) is 42.8 Å². The summed E-state index contributed by atoms with van der Waals surface area (Å²) in [5.74, 6) is -4.10. The maximum Gasteiger partial charge on any atom is 0.323 e. The molecule has 2 aromatic rings. The van der Waals surface area contributed by atoms with Crippen molar-refractivity contribution in [1.29, 1.82) is 0 Å². The highest BCUT2D eigenvalue weighted by atomic mass is 32.2. The molecule has 3 aliphatic rings. The second kappa shape index (κ2) is 14.4. The van der Waals surface area contributed by atoms with Gasteiger partial charge in [-0.1, -0.05) is 48.6 Å². The van der Waals surface area contributed by atoms with E-state index in [0.717, 1.165) is 39.0 Å². The summed E-state index contributed by atoms with van der Waals surface area (Å²) in [6.07, 6.45) is 4.18. The van der Waals surface area contributed by atoms with Crippen LogP contribution in [-0.4, -0.2) is 77.7 Å². The number of methoxy groups -OCH3 is 1. The van der Waals surface area contributed by atoms with Crippen LogP contribution < -0.4 is 31.5 Å². The van der Waals surface area contributed by atoms with Crippen molar-refractivity contribution < 1.29 is 39.2 Å². The van der Waals surface area contributed by atoms with Crippen molar-refractivity contribution in [2.45, 2.75) is 57.0 Å². The van der Waals surface area contributed by atoms with Gasteiger partial charge in [-0.2, -0.15) is 0 Å². The number of carbonyl (C=O) groups is 4. The molecular weight excluding hydrogens is 685 g/mol. The maximum absolute atomic E-state index is 14.5. The molecule has 0 unspecified atom stereocenters. The van der Waals surface area contributed by atoms with Crippen molar-refractivity contribution in [2.75, 3.05) is 25.1 Å². The second-order valence-corrected chi connectivity index (χ2v) is 13.9. The van der Waals surface area contributed by atoms with Crippen LogP contribution in [-0.2, 0) is 32.3 Å². The van der Waals surface area contributed by atoms with Gasteiger partial charge < -0.3 is 25.0 Å². The summed E-state index contributed by atoms with van der Waals surface area (Å²) in [5.41, 5.74) is -0.649. The Labute approximate surface area is 287 Å². The van der Waals surface area contributed by atoms with Crippen LogP contribution in [0.1, 0.15) is 39.0 Å². The average Bonchev–Trinajstić information content (AvgIpc) is 3.74. The smallest absolute Gasteiger partial charge is 0.323 e. The highest BCUT2D eigenvalue weighted by Crippen LogP contribution is 2.48. The fourth-order valence-electron chi connectivity index (χ4n) is 6.09. The first-order valence-electron chi connectivity index (χ1n) is 15.0. The molecular formula is C31H32N4O10S3. The lowest BCUT2D eigenvalue weighted by atomic mass is 9.95. The zero-order valence-electron chi connectivity index (χ0n) is 26.0. The summed E-state index contributed by atoms with van der Waals surface area (Å²) >= 11 is 7.27. The van der Waals surface area contributed by atoms with E-state index in [1.54, 1.807) is 36.1 Å². The standard InChI is InChI=1S/C31H32N4O10S3/c1-3-32-27(26-30(44)35(15-24(40)41)31(46)48-26)33(11-10-22(36)37)29(43)25(28(32)42)18(16-6-4-5-7-16)13-21-34(14-23(38)39)19-9-8-17(45-2)12-20(19)47-21/h8-9,12-13,16H,3-7,10-11,14-15H2,1-2H3,(H,36,37)(H,38,39)(H,40,41). The molecule has 0 bridgehead atoms. The summed E-state index contributed by atoms with van der Waals surface area (Å²) < 4.78 is 7.58. The third kappa shape index (κ3) is 6.79. The molecule has 48 heavy (non-hydrogen) atoms. The largest absolute Gasteiger partial charge is 0.497 e. The molecule has 1 aliphatic carbocycles. The summed E-state index contributed by atoms with van der Waals surface area (Å²) in [5, 5.41) is 29.0. The molecule has 5 rings (SSSR count). The molecule has 2 fully saturated rings. The van der Waals surface area contributed by atoms with Gasteiger partial charge in [0.1, 0.15) is 38.8 Å². The van der Waals surface area contributed by atoms with Crippen LogP contribution in [0.4, 0.5) is 5.69 Å². The van der Waals surface area contributed by atoms with E-state index in [-0.39, 0.29) is 45.5 Å². The molecule has 2 aliphatic heterocycles. The lowest BCUT2D eigenvalue weighted by Gasteiger charge is -2.20. The van der Waals surface area contributed by atoms with Crippen LogP contribution in [0.3, 0.4) is 0 Å². The highest BCUT2D eigenvalue weighted by molar-refractivity contribution is 8.30. The maximum atomic E-state index is 14.5. The molecule has 1 saturated heterocycles. The predicted octanol–water partition coefficient (Wildman–Crippen LogP) is 1.45. The minimum Gasteiger partial charge on any atom is -0.497 e. The van der Waals surface area contributed by atoms with Gasteiger partial charge in [0.05, 0.1) is 24.2 Å². The zero-order valence-corrected chi connectivity index (χ0v) is 28.4. The topological polar surface area (TPSA) is 189 Å². The molecule has 0 radical (unpaired) electrons. The number of hydrogen-bond acceptors (Lipinski definition) is 11. The monoisotopic (exact) mass is 716 g/mol. The van der Waals surface area contributed by atoms with Crippen molar-refractivity contribution in [3.63, 3.8) is 0 Å². The number of thioether (sulfide) groups is 2. The summed E-state index contributed by atoms with van der Waals surface area (Å²) in [6, 6.07) is 5.22. The number of carboxylic acid groups (broad SMARTS) is 3. The molecule has 254 valence electrons. The molecule has 1 aromatic heterocycles. The number of benzene rings is 1. The Morgan fingerprint density at radius 3 is 2.21 bits per heavy atom. The van der Waals surface area contributed by atoms with E-state index in [0.29, 0.717) is 34.9 Å². The van der Waals surface area contributed by atoms with E-state index < -0.39 is 47.9 Å². The lowest BCUT2D eigenvalue weighted by molar-refractivity contribution is -0.140. The Bertz CT molecular complexity index is 2010. The number of aliphatic carboxylic acids is 3. The van der Waals surface area contributed by atoms with E-state index in [9.17, 15) is 44.1 Å². The first-order chi connectivity index (χ1) is 22.9. The van der Waals surface area contributed by atoms with Crippen LogP contribution in [0.5, 0.6) is 5.75 Å². The number of fused-ring (bicyclic) bond motifs is 1. The number of nitrogens with zero attached hydrogens (tertiary/aromatic N) is 4. The molecule has 1 aromatic carbocycles. The third-order valence-corrected chi connectivity index (χ3v) is 10.8. The van der Waals surface area contributed by atoms with Crippen molar-refractivity contribution in [3.05, 3.63) is 60.7 Å². The number of aromatic nitrogens is 2. The van der Waals surface area contributed by atoms with Crippen LogP contribution in [0, 0.1) is 5.92 Å². The number of hydrogen-bond donors (Lipinski definition) is 3. The molecule has 3 N–H and O–H groups in total. The Morgan fingerprint density at radius 1 is 0.958 bits per heavy atom. The Hall–Kier alpha value is -4.35. The fourth-order valence-corrected chi connectivity index (χ4v) is 8.57. The Balaban J connectivity index is 1.86. The molecule has 17 heteroatoms. The number of thiocarbonyl (C=S) groups is 1. The van der Waals surface area contributed by atoms with Crippen LogP contribution >= 0.6 is 35.7 Å². The van der Waals surface area contributed by atoms with Crippen molar-refractivity contribution >= 4 is 80.0 Å². The minimum absolute atomic E-state index is 0.0167. The SMILES string of the molecule is CCn1c(=O)c(=C(C=C2Sc3cc(OC)ccc3N2CC(=O)O)C2CCCC2)c(=O)n(CCC(=O)O)c1=C1SC(=S)N(CC(=O)O)C1=O. The van der Waals surface area contributed by atoms with Gasteiger partial charge in [-0.05, 0) is 55.5 Å². The van der Waals surface area contributed by atoms with E-state index in [1.807, 2.05) is 0 Å². The van der Waals surface area contributed by atoms with Crippen molar-refractivity contribution in [3.8, 4) is 5.75 Å². The first-order valence-corrected chi connectivity index (χ1v) is 17.1. The van der Waals surface area contributed by atoms with Crippen LogP contribution in [0.15, 0.2) is 43.8 Å². The van der Waals surface area contributed by atoms with Crippen molar-refractivity contribution in [2.24, 2.45) is 5.92 Å². The van der Waals surface area contributed by atoms with Gasteiger partial charge in [0.2, 0.25) is 0 Å². The molecule has 14 nitrogen and oxygen atoms in total. The number of rotatable bonds is 11. The molecule has 1 amide bonds. The minimum atomic E-state index is -1.31. The van der Waals surface area contributed by atoms with Gasteiger partial charge in [0, 0.05) is 18.0 Å². The van der Waals surface area contributed by atoms with E-state index in [4.69, 9.17) is 17.0 Å². The third-order valence-electron chi connectivity index (χ3n) is 8.23. The van der Waals surface area contributed by atoms with E-state index in [1.165, 1.54) is 23.4 Å². The van der Waals surface area contributed by atoms with Crippen LogP contribution in [0.25, 0.3) is 10.5 Å². The summed E-state index contributed by atoms with van der Waals surface area (Å²) in [7, 11) is 1.52. The number of carboxylic acids is 3. The molecule has 1 saturated carbocycles.